The van der Waals surface area contributed by atoms with Crippen molar-refractivity contribution in [2.45, 2.75) is 38.9 Å². The number of anilines is 1. The third-order valence-corrected chi connectivity index (χ3v) is 5.50. The Hall–Kier alpha value is -2.64. The molecule has 0 amide bonds. The fourth-order valence-electron chi connectivity index (χ4n) is 3.77. The average Bonchev–Trinajstić information content (AvgIpc) is 3.02. The van der Waals surface area contributed by atoms with E-state index >= 15 is 0 Å². The van der Waals surface area contributed by atoms with Gasteiger partial charge in [-0.3, -0.25) is 4.98 Å². The Morgan fingerprint density at radius 1 is 1.18 bits per heavy atom. The summed E-state index contributed by atoms with van der Waals surface area (Å²) in [7, 11) is 2.16. The standard InChI is InChI=1S/C21H28N6O/c1-14-3-6-20(28)18(23-14)13-27-19-11-15(12-22)4-5-17(19)25-21(27)24-16-7-9-26(2)10-8-16/h3-6,11,16,28H,7-10,12-13,22H2,1-2H3,(H,24,25). The highest BCUT2D eigenvalue weighted by Crippen LogP contribution is 2.26. The summed E-state index contributed by atoms with van der Waals surface area (Å²) in [6.45, 7) is 5.02. The van der Waals surface area contributed by atoms with Crippen LogP contribution in [0.15, 0.2) is 30.3 Å². The zero-order chi connectivity index (χ0) is 19.7. The highest BCUT2D eigenvalue weighted by Gasteiger charge is 2.20. The van der Waals surface area contributed by atoms with Crippen LogP contribution in [-0.4, -0.2) is 50.7 Å². The van der Waals surface area contributed by atoms with E-state index in [9.17, 15) is 5.11 Å². The summed E-state index contributed by atoms with van der Waals surface area (Å²) < 4.78 is 2.11. The fraction of sp³-hybridized carbons (Fsp3) is 0.429. The first-order valence-corrected chi connectivity index (χ1v) is 9.83. The number of aromatic hydroxyl groups is 1. The van der Waals surface area contributed by atoms with E-state index in [2.05, 4.69) is 32.9 Å². The zero-order valence-electron chi connectivity index (χ0n) is 16.5. The molecule has 0 saturated carbocycles. The number of nitrogens with two attached hydrogens (primary N) is 1. The van der Waals surface area contributed by atoms with Gasteiger partial charge in [0.05, 0.1) is 17.6 Å². The van der Waals surface area contributed by atoms with Crippen molar-refractivity contribution in [2.75, 3.05) is 25.5 Å². The van der Waals surface area contributed by atoms with Crippen LogP contribution in [0.2, 0.25) is 0 Å². The molecule has 148 valence electrons. The summed E-state index contributed by atoms with van der Waals surface area (Å²) in [5.74, 6) is 1.02. The SMILES string of the molecule is Cc1ccc(O)c(Cn2c(NC3CCN(C)CC3)nc3ccc(CN)cc32)n1. The van der Waals surface area contributed by atoms with Gasteiger partial charge in [-0.15, -0.1) is 0 Å². The maximum absolute atomic E-state index is 10.3. The van der Waals surface area contributed by atoms with Crippen molar-refractivity contribution in [3.8, 4) is 5.75 Å². The lowest BCUT2D eigenvalue weighted by Gasteiger charge is -2.29. The van der Waals surface area contributed by atoms with Crippen LogP contribution in [0.3, 0.4) is 0 Å². The Balaban J connectivity index is 1.73. The topological polar surface area (TPSA) is 92.2 Å². The maximum atomic E-state index is 10.3. The Labute approximate surface area is 165 Å². The Morgan fingerprint density at radius 3 is 2.71 bits per heavy atom. The quantitative estimate of drug-likeness (QED) is 0.630. The van der Waals surface area contributed by atoms with Crippen LogP contribution < -0.4 is 11.1 Å². The number of hydrogen-bond donors (Lipinski definition) is 3. The first kappa shape index (κ1) is 18.7. The van der Waals surface area contributed by atoms with Crippen molar-refractivity contribution < 1.29 is 5.11 Å². The summed E-state index contributed by atoms with van der Waals surface area (Å²) in [4.78, 5) is 11.7. The van der Waals surface area contributed by atoms with Crippen LogP contribution in [0.25, 0.3) is 11.0 Å². The van der Waals surface area contributed by atoms with Crippen molar-refractivity contribution in [3.63, 3.8) is 0 Å². The molecule has 1 aromatic carbocycles. The van der Waals surface area contributed by atoms with Crippen LogP contribution >= 0.6 is 0 Å². The van der Waals surface area contributed by atoms with Gasteiger partial charge < -0.3 is 25.6 Å². The van der Waals surface area contributed by atoms with Crippen molar-refractivity contribution in [2.24, 2.45) is 5.73 Å². The molecule has 7 nitrogen and oxygen atoms in total. The highest BCUT2D eigenvalue weighted by atomic mass is 16.3. The molecule has 1 aliphatic rings. The highest BCUT2D eigenvalue weighted by molar-refractivity contribution is 5.79. The number of aromatic nitrogens is 3. The smallest absolute Gasteiger partial charge is 0.204 e. The Kier molecular flexibility index (Phi) is 5.19. The summed E-state index contributed by atoms with van der Waals surface area (Å²) in [6, 6.07) is 10.0. The molecule has 1 aliphatic heterocycles. The number of aryl methyl sites for hydroxylation is 1. The summed E-state index contributed by atoms with van der Waals surface area (Å²) >= 11 is 0. The summed E-state index contributed by atoms with van der Waals surface area (Å²) in [5, 5.41) is 13.9. The van der Waals surface area contributed by atoms with Gasteiger partial charge in [0, 0.05) is 18.3 Å². The van der Waals surface area contributed by atoms with Gasteiger partial charge in [0.15, 0.2) is 0 Å². The summed E-state index contributed by atoms with van der Waals surface area (Å²) in [6.07, 6.45) is 2.17. The molecule has 3 aromatic rings. The number of nitrogens with one attached hydrogen (secondary N) is 1. The van der Waals surface area contributed by atoms with Gasteiger partial charge >= 0.3 is 0 Å². The Bertz CT molecular complexity index is 974. The first-order chi connectivity index (χ1) is 13.5. The fourth-order valence-corrected chi connectivity index (χ4v) is 3.77. The minimum Gasteiger partial charge on any atom is -0.506 e. The zero-order valence-corrected chi connectivity index (χ0v) is 16.5. The predicted molar refractivity (Wildman–Crippen MR) is 112 cm³/mol. The normalized spacial score (nSPS) is 16.0. The molecule has 0 radical (unpaired) electrons. The maximum Gasteiger partial charge on any atom is 0.204 e. The number of benzene rings is 1. The predicted octanol–water partition coefficient (Wildman–Crippen LogP) is 2.46. The first-order valence-electron chi connectivity index (χ1n) is 9.83. The lowest BCUT2D eigenvalue weighted by atomic mass is 10.1. The second-order valence-electron chi connectivity index (χ2n) is 7.69. The van der Waals surface area contributed by atoms with E-state index in [1.165, 1.54) is 0 Å². The second kappa shape index (κ2) is 7.77. The molecular formula is C21H28N6O. The number of piperidine rings is 1. The second-order valence-corrected chi connectivity index (χ2v) is 7.69. The molecule has 0 atom stereocenters. The molecule has 0 aliphatic carbocycles. The van der Waals surface area contributed by atoms with E-state index in [1.807, 2.05) is 25.1 Å². The van der Waals surface area contributed by atoms with Crippen molar-refractivity contribution >= 4 is 17.0 Å². The van der Waals surface area contributed by atoms with Gasteiger partial charge in [-0.05, 0) is 69.7 Å². The minimum atomic E-state index is 0.202. The van der Waals surface area contributed by atoms with Gasteiger partial charge in [-0.2, -0.15) is 0 Å². The molecule has 4 rings (SSSR count). The third kappa shape index (κ3) is 3.81. The van der Waals surface area contributed by atoms with Gasteiger partial charge in [0.25, 0.3) is 0 Å². The molecule has 0 bridgehead atoms. The van der Waals surface area contributed by atoms with Crippen LogP contribution in [0, 0.1) is 6.92 Å². The Morgan fingerprint density at radius 2 is 1.96 bits per heavy atom. The lowest BCUT2D eigenvalue weighted by molar-refractivity contribution is 0.263. The number of hydrogen-bond acceptors (Lipinski definition) is 6. The van der Waals surface area contributed by atoms with Crippen molar-refractivity contribution in [1.29, 1.82) is 0 Å². The van der Waals surface area contributed by atoms with Gasteiger partial charge in [0.1, 0.15) is 11.4 Å². The largest absolute Gasteiger partial charge is 0.506 e. The molecular weight excluding hydrogens is 352 g/mol. The van der Waals surface area contributed by atoms with Gasteiger partial charge in [-0.25, -0.2) is 4.98 Å². The molecule has 1 fully saturated rings. The monoisotopic (exact) mass is 380 g/mol. The van der Waals surface area contributed by atoms with Crippen LogP contribution in [0.5, 0.6) is 5.75 Å². The van der Waals surface area contributed by atoms with E-state index in [1.54, 1.807) is 6.07 Å². The van der Waals surface area contributed by atoms with Crippen LogP contribution in [0.4, 0.5) is 5.95 Å². The molecule has 4 N–H and O–H groups in total. The molecule has 3 heterocycles. The van der Waals surface area contributed by atoms with E-state index < -0.39 is 0 Å². The van der Waals surface area contributed by atoms with E-state index in [0.717, 1.165) is 54.2 Å². The average molecular weight is 380 g/mol. The molecule has 2 aromatic heterocycles. The summed E-state index contributed by atoms with van der Waals surface area (Å²) in [5.41, 5.74) is 10.4. The molecule has 0 unspecified atom stereocenters. The van der Waals surface area contributed by atoms with Crippen molar-refractivity contribution in [3.05, 3.63) is 47.3 Å². The number of likely N-dealkylation sites (tertiary alicyclic amines) is 1. The van der Waals surface area contributed by atoms with Gasteiger partial charge in [0.2, 0.25) is 5.95 Å². The molecule has 1 saturated heterocycles. The van der Waals surface area contributed by atoms with E-state index in [4.69, 9.17) is 10.7 Å². The number of imidazole rings is 1. The van der Waals surface area contributed by atoms with Crippen molar-refractivity contribution in [1.82, 2.24) is 19.4 Å². The molecule has 0 spiro atoms. The number of rotatable bonds is 5. The number of nitrogens with zero attached hydrogens (tertiary/aromatic N) is 4. The van der Waals surface area contributed by atoms with Crippen LogP contribution in [0.1, 0.15) is 29.8 Å². The number of fused-ring (bicyclic) bond motifs is 1. The molecule has 28 heavy (non-hydrogen) atoms. The van der Waals surface area contributed by atoms with Crippen LogP contribution in [-0.2, 0) is 13.1 Å². The lowest BCUT2D eigenvalue weighted by Crippen LogP contribution is -2.37. The molecule has 7 heteroatoms. The third-order valence-electron chi connectivity index (χ3n) is 5.50. The van der Waals surface area contributed by atoms with E-state index in [-0.39, 0.29) is 5.75 Å². The van der Waals surface area contributed by atoms with Gasteiger partial charge in [-0.1, -0.05) is 6.07 Å². The minimum absolute atomic E-state index is 0.202. The number of pyridine rings is 1. The van der Waals surface area contributed by atoms with E-state index in [0.29, 0.717) is 24.8 Å².